The van der Waals surface area contributed by atoms with Gasteiger partial charge in [0.15, 0.2) is 5.78 Å². The van der Waals surface area contributed by atoms with Gasteiger partial charge in [-0.2, -0.15) is 0 Å². The minimum absolute atomic E-state index is 0.0903. The SMILES string of the molecule is CC(=O)c1c(Br)nc2n1CCCC2. The molecule has 4 heteroatoms. The summed E-state index contributed by atoms with van der Waals surface area (Å²) in [5, 5.41) is 0. The molecule has 1 aromatic rings. The van der Waals surface area contributed by atoms with E-state index in [1.807, 2.05) is 4.57 Å². The number of fused-ring (bicyclic) bond motifs is 1. The fourth-order valence-electron chi connectivity index (χ4n) is 1.79. The lowest BCUT2D eigenvalue weighted by Gasteiger charge is -2.14. The zero-order valence-electron chi connectivity index (χ0n) is 7.51. The molecule has 0 aliphatic carbocycles. The first kappa shape index (κ1) is 8.94. The summed E-state index contributed by atoms with van der Waals surface area (Å²) >= 11 is 3.33. The Labute approximate surface area is 85.3 Å². The Morgan fingerprint density at radius 1 is 1.54 bits per heavy atom. The maximum absolute atomic E-state index is 11.3. The number of ketones is 1. The van der Waals surface area contributed by atoms with Crippen LogP contribution < -0.4 is 0 Å². The van der Waals surface area contributed by atoms with Crippen LogP contribution in [0, 0.1) is 0 Å². The molecule has 3 nitrogen and oxygen atoms in total. The summed E-state index contributed by atoms with van der Waals surface area (Å²) in [5.74, 6) is 1.14. The molecule has 0 aromatic carbocycles. The molecule has 0 N–H and O–H groups in total. The monoisotopic (exact) mass is 242 g/mol. The molecule has 13 heavy (non-hydrogen) atoms. The number of Topliss-reactive ketones (excluding diaryl/α,β-unsaturated/α-hetero) is 1. The van der Waals surface area contributed by atoms with Crippen molar-refractivity contribution < 1.29 is 4.79 Å². The van der Waals surface area contributed by atoms with Gasteiger partial charge in [-0.15, -0.1) is 0 Å². The number of imidazole rings is 1. The predicted molar refractivity (Wildman–Crippen MR) is 52.9 cm³/mol. The summed E-state index contributed by atoms with van der Waals surface area (Å²) in [7, 11) is 0. The van der Waals surface area contributed by atoms with Crippen LogP contribution in [0.25, 0.3) is 0 Å². The highest BCUT2D eigenvalue weighted by molar-refractivity contribution is 9.10. The quantitative estimate of drug-likeness (QED) is 0.708. The van der Waals surface area contributed by atoms with Gasteiger partial charge in [-0.3, -0.25) is 4.79 Å². The molecule has 70 valence electrons. The predicted octanol–water partition coefficient (Wildman–Crippen LogP) is 2.18. The largest absolute Gasteiger partial charge is 0.325 e. The van der Waals surface area contributed by atoms with Gasteiger partial charge in [-0.25, -0.2) is 4.98 Å². The maximum atomic E-state index is 11.3. The standard InChI is InChI=1S/C9H11BrN2O/c1-6(13)8-9(10)11-7-4-2-3-5-12(7)8/h2-5H2,1H3. The average molecular weight is 243 g/mol. The topological polar surface area (TPSA) is 34.9 Å². The first-order valence-electron chi connectivity index (χ1n) is 4.46. The number of hydrogen-bond acceptors (Lipinski definition) is 2. The Kier molecular flexibility index (Phi) is 2.24. The van der Waals surface area contributed by atoms with Crippen molar-refractivity contribution in [1.82, 2.24) is 9.55 Å². The zero-order valence-corrected chi connectivity index (χ0v) is 9.10. The van der Waals surface area contributed by atoms with E-state index in [1.165, 1.54) is 6.42 Å². The zero-order chi connectivity index (χ0) is 9.42. The number of carbonyl (C=O) groups excluding carboxylic acids is 1. The Hall–Kier alpha value is -0.640. The summed E-state index contributed by atoms with van der Waals surface area (Å²) in [4.78, 5) is 15.6. The number of hydrogen-bond donors (Lipinski definition) is 0. The molecule has 2 heterocycles. The Morgan fingerprint density at radius 3 is 3.00 bits per heavy atom. The third-order valence-electron chi connectivity index (χ3n) is 2.37. The molecule has 0 saturated carbocycles. The lowest BCUT2D eigenvalue weighted by molar-refractivity contribution is 0.100. The molecule has 1 aliphatic rings. The maximum Gasteiger partial charge on any atom is 0.178 e. The number of aryl methyl sites for hydroxylation is 1. The van der Waals surface area contributed by atoms with E-state index >= 15 is 0 Å². The van der Waals surface area contributed by atoms with Gasteiger partial charge in [0.25, 0.3) is 0 Å². The average Bonchev–Trinajstić information content (AvgIpc) is 2.39. The summed E-state index contributed by atoms with van der Waals surface area (Å²) in [6, 6.07) is 0. The van der Waals surface area contributed by atoms with Crippen molar-refractivity contribution in [3.63, 3.8) is 0 Å². The second-order valence-electron chi connectivity index (χ2n) is 3.33. The van der Waals surface area contributed by atoms with Crippen molar-refractivity contribution in [1.29, 1.82) is 0 Å². The first-order valence-corrected chi connectivity index (χ1v) is 5.25. The van der Waals surface area contributed by atoms with Gasteiger partial charge in [0.05, 0.1) is 0 Å². The molecule has 1 aromatic heterocycles. The summed E-state index contributed by atoms with van der Waals surface area (Å²) in [5.41, 5.74) is 0.731. The Bertz CT molecular complexity index is 357. The lowest BCUT2D eigenvalue weighted by atomic mass is 10.1. The molecule has 0 atom stereocenters. The van der Waals surface area contributed by atoms with Crippen molar-refractivity contribution in [3.05, 3.63) is 16.1 Å². The number of halogens is 1. The van der Waals surface area contributed by atoms with Crippen LogP contribution in [0.4, 0.5) is 0 Å². The van der Waals surface area contributed by atoms with Crippen LogP contribution >= 0.6 is 15.9 Å². The van der Waals surface area contributed by atoms with Crippen LogP contribution in [0.5, 0.6) is 0 Å². The van der Waals surface area contributed by atoms with Crippen LogP contribution in [0.3, 0.4) is 0 Å². The van der Waals surface area contributed by atoms with E-state index < -0.39 is 0 Å². The molecule has 1 aliphatic heterocycles. The summed E-state index contributed by atoms with van der Waals surface area (Å²) in [6.45, 7) is 2.52. The Morgan fingerprint density at radius 2 is 2.31 bits per heavy atom. The smallest absolute Gasteiger partial charge is 0.178 e. The van der Waals surface area contributed by atoms with Gasteiger partial charge in [0.2, 0.25) is 0 Å². The number of nitrogens with zero attached hydrogens (tertiary/aromatic N) is 2. The molecule has 0 fully saturated rings. The normalized spacial score (nSPS) is 15.5. The summed E-state index contributed by atoms with van der Waals surface area (Å²) < 4.78 is 2.74. The fourth-order valence-corrected chi connectivity index (χ4v) is 2.49. The molecular weight excluding hydrogens is 232 g/mol. The molecule has 0 bridgehead atoms. The third kappa shape index (κ3) is 1.43. The number of rotatable bonds is 1. The number of aromatic nitrogens is 2. The van der Waals surface area contributed by atoms with E-state index in [0.717, 1.165) is 30.9 Å². The molecule has 0 radical (unpaired) electrons. The fraction of sp³-hybridized carbons (Fsp3) is 0.556. The highest BCUT2D eigenvalue weighted by Gasteiger charge is 2.20. The molecule has 0 unspecified atom stereocenters. The van der Waals surface area contributed by atoms with Crippen LogP contribution in [-0.2, 0) is 13.0 Å². The highest BCUT2D eigenvalue weighted by atomic mass is 79.9. The number of carbonyl (C=O) groups is 1. The highest BCUT2D eigenvalue weighted by Crippen LogP contribution is 2.23. The van der Waals surface area contributed by atoms with E-state index in [2.05, 4.69) is 20.9 Å². The van der Waals surface area contributed by atoms with Gasteiger partial charge in [0, 0.05) is 19.9 Å². The van der Waals surface area contributed by atoms with Crippen LogP contribution in [0.2, 0.25) is 0 Å². The second-order valence-corrected chi connectivity index (χ2v) is 4.08. The third-order valence-corrected chi connectivity index (χ3v) is 2.92. The molecule has 0 saturated heterocycles. The first-order chi connectivity index (χ1) is 6.20. The van der Waals surface area contributed by atoms with Gasteiger partial charge in [-0.05, 0) is 28.8 Å². The van der Waals surface area contributed by atoms with E-state index in [1.54, 1.807) is 6.92 Å². The minimum Gasteiger partial charge on any atom is -0.325 e. The van der Waals surface area contributed by atoms with Crippen molar-refractivity contribution in [2.45, 2.75) is 32.7 Å². The van der Waals surface area contributed by atoms with Crippen LogP contribution in [0.15, 0.2) is 4.60 Å². The van der Waals surface area contributed by atoms with Gasteiger partial charge in [-0.1, -0.05) is 0 Å². The van der Waals surface area contributed by atoms with Crippen molar-refractivity contribution in [2.75, 3.05) is 0 Å². The lowest BCUT2D eigenvalue weighted by Crippen LogP contribution is -2.14. The minimum atomic E-state index is 0.0903. The van der Waals surface area contributed by atoms with E-state index in [9.17, 15) is 4.79 Å². The molecule has 2 rings (SSSR count). The van der Waals surface area contributed by atoms with Gasteiger partial charge in [0.1, 0.15) is 16.1 Å². The van der Waals surface area contributed by atoms with Crippen molar-refractivity contribution in [3.8, 4) is 0 Å². The van der Waals surface area contributed by atoms with Crippen LogP contribution in [-0.4, -0.2) is 15.3 Å². The molecular formula is C9H11BrN2O. The second kappa shape index (κ2) is 3.25. The van der Waals surface area contributed by atoms with Gasteiger partial charge < -0.3 is 4.57 Å². The van der Waals surface area contributed by atoms with Crippen molar-refractivity contribution >= 4 is 21.7 Å². The van der Waals surface area contributed by atoms with E-state index in [4.69, 9.17) is 0 Å². The van der Waals surface area contributed by atoms with Crippen molar-refractivity contribution in [2.24, 2.45) is 0 Å². The molecule has 0 spiro atoms. The van der Waals surface area contributed by atoms with E-state index in [0.29, 0.717) is 4.60 Å². The van der Waals surface area contributed by atoms with Gasteiger partial charge >= 0.3 is 0 Å². The van der Waals surface area contributed by atoms with E-state index in [-0.39, 0.29) is 5.78 Å². The Balaban J connectivity index is 2.54. The molecule has 0 amide bonds. The van der Waals surface area contributed by atoms with Crippen LogP contribution in [0.1, 0.15) is 36.1 Å². The summed E-state index contributed by atoms with van der Waals surface area (Å²) in [6.07, 6.45) is 3.32.